The topological polar surface area (TPSA) is 140 Å². The van der Waals surface area contributed by atoms with Gasteiger partial charge in [-0.25, -0.2) is 0 Å². The fourth-order valence-electron chi connectivity index (χ4n) is 3.13. The Balaban J connectivity index is -0.000000218. The summed E-state index contributed by atoms with van der Waals surface area (Å²) in [7, 11) is -8.05. The molecule has 9 nitrogen and oxygen atoms in total. The van der Waals surface area contributed by atoms with Crippen molar-refractivity contribution in [1.82, 2.24) is 0 Å². The van der Waals surface area contributed by atoms with Crippen molar-refractivity contribution in [3.8, 4) is 0 Å². The van der Waals surface area contributed by atoms with Gasteiger partial charge in [0.1, 0.15) is 0 Å². The second-order valence-corrected chi connectivity index (χ2v) is 11.1. The maximum Gasteiger partial charge on any atom is 0.316 e. The van der Waals surface area contributed by atoms with Crippen molar-refractivity contribution in [2.75, 3.05) is 19.8 Å². The van der Waals surface area contributed by atoms with Crippen molar-refractivity contribution in [1.29, 1.82) is 0 Å². The molecule has 0 aromatic heterocycles. The fraction of sp³-hybridized carbons (Fsp3) is 1.00. The molecule has 0 heterocycles. The van der Waals surface area contributed by atoms with Crippen LogP contribution in [0.3, 0.4) is 0 Å². The predicted octanol–water partition coefficient (Wildman–Crippen LogP) is 8.23. The first-order valence-electron chi connectivity index (χ1n) is 13.9. The van der Waals surface area contributed by atoms with E-state index in [1.165, 1.54) is 77.0 Å². The first-order chi connectivity index (χ1) is 17.3. The monoisotopic (exact) mass is 641 g/mol. The van der Waals surface area contributed by atoms with E-state index >= 15 is 0 Å². The van der Waals surface area contributed by atoms with Crippen LogP contribution in [0.5, 0.6) is 0 Å². The summed E-state index contributed by atoms with van der Waals surface area (Å²) >= 11 is 0. The van der Waals surface area contributed by atoms with E-state index in [9.17, 15) is 13.7 Å². The molecule has 37 heavy (non-hydrogen) atoms. The van der Waals surface area contributed by atoms with Crippen molar-refractivity contribution in [3.63, 3.8) is 0 Å². The quantitative estimate of drug-likeness (QED) is 0.0702. The third-order valence-electron chi connectivity index (χ3n) is 5.17. The molecule has 0 aromatic rings. The van der Waals surface area contributed by atoms with Crippen LogP contribution in [0.1, 0.15) is 136 Å². The van der Waals surface area contributed by atoms with Gasteiger partial charge in [-0.3, -0.25) is 13.7 Å². The molecule has 0 saturated carbocycles. The average Bonchev–Trinajstić information content (AvgIpc) is 2.83. The van der Waals surface area contributed by atoms with Gasteiger partial charge in [0.25, 0.3) is 0 Å². The third kappa shape index (κ3) is 57.8. The summed E-state index contributed by atoms with van der Waals surface area (Å²) in [5.41, 5.74) is 0. The van der Waals surface area contributed by atoms with Gasteiger partial charge in [-0.05, 0) is 19.3 Å². The summed E-state index contributed by atoms with van der Waals surface area (Å²) in [6.45, 7) is 7.84. The summed E-state index contributed by atoms with van der Waals surface area (Å²) in [5, 5.41) is 0. The molecule has 0 saturated heterocycles. The minimum absolute atomic E-state index is 0. The molecule has 0 aliphatic rings. The van der Waals surface area contributed by atoms with Crippen LogP contribution in [0.15, 0.2) is 0 Å². The van der Waals surface area contributed by atoms with Gasteiger partial charge >= 0.3 is 24.8 Å². The molecular formula is C24H57CoO9P3. The summed E-state index contributed by atoms with van der Waals surface area (Å²) in [6.07, 6.45) is 21.1. The Morgan fingerprint density at radius 2 is 0.595 bits per heavy atom. The Bertz CT molecular complexity index is 424. The molecule has 0 aromatic carbocycles. The van der Waals surface area contributed by atoms with Crippen LogP contribution in [0.25, 0.3) is 0 Å². The first-order valence-corrected chi connectivity index (χ1v) is 17.7. The molecule has 0 rings (SSSR count). The van der Waals surface area contributed by atoms with Crippen LogP contribution >= 0.6 is 24.8 Å². The Hall–Kier alpha value is 0.956. The molecule has 0 aliphatic carbocycles. The van der Waals surface area contributed by atoms with Crippen LogP contribution < -0.4 is 0 Å². The molecule has 0 fully saturated rings. The molecule has 231 valence electrons. The Morgan fingerprint density at radius 1 is 0.405 bits per heavy atom. The SMILES string of the molecule is CCCCCCCCO[PH](=O)O.CCCCCCCCO[PH](=O)O.CCCCCCCCO[PH](=O)O.[Co]. The summed E-state index contributed by atoms with van der Waals surface area (Å²) in [4.78, 5) is 25.0. The van der Waals surface area contributed by atoms with Crippen LogP contribution in [-0.4, -0.2) is 34.5 Å². The van der Waals surface area contributed by atoms with Crippen molar-refractivity contribution < 1.29 is 58.7 Å². The van der Waals surface area contributed by atoms with E-state index in [4.69, 9.17) is 14.7 Å². The summed E-state index contributed by atoms with van der Waals surface area (Å²) in [6, 6.07) is 0. The number of unbranched alkanes of at least 4 members (excludes halogenated alkanes) is 15. The van der Waals surface area contributed by atoms with Crippen LogP contribution in [0.2, 0.25) is 0 Å². The Kier molecular flexibility index (Phi) is 50.4. The number of rotatable bonds is 24. The van der Waals surface area contributed by atoms with E-state index in [0.717, 1.165) is 38.5 Å². The van der Waals surface area contributed by atoms with Crippen LogP contribution in [-0.2, 0) is 44.0 Å². The predicted molar refractivity (Wildman–Crippen MR) is 152 cm³/mol. The van der Waals surface area contributed by atoms with E-state index in [1.54, 1.807) is 0 Å². The van der Waals surface area contributed by atoms with Gasteiger partial charge in [0.05, 0.1) is 19.8 Å². The molecule has 0 bridgehead atoms. The van der Waals surface area contributed by atoms with Gasteiger partial charge in [-0.1, -0.05) is 117 Å². The van der Waals surface area contributed by atoms with Gasteiger partial charge in [-0.15, -0.1) is 0 Å². The molecule has 0 aliphatic heterocycles. The minimum Gasteiger partial charge on any atom is -0.326 e. The molecule has 3 unspecified atom stereocenters. The van der Waals surface area contributed by atoms with Gasteiger partial charge in [0.15, 0.2) is 0 Å². The van der Waals surface area contributed by atoms with Gasteiger partial charge < -0.3 is 28.3 Å². The van der Waals surface area contributed by atoms with Crippen LogP contribution in [0, 0.1) is 0 Å². The second-order valence-electron chi connectivity index (χ2n) is 8.65. The van der Waals surface area contributed by atoms with E-state index in [-0.39, 0.29) is 16.8 Å². The average molecular weight is 642 g/mol. The molecular weight excluding hydrogens is 584 g/mol. The van der Waals surface area contributed by atoms with E-state index < -0.39 is 24.8 Å². The molecule has 3 N–H and O–H groups in total. The normalized spacial score (nSPS) is 12.8. The zero-order chi connectivity index (χ0) is 27.7. The van der Waals surface area contributed by atoms with Gasteiger partial charge in [-0.2, -0.15) is 0 Å². The fourth-order valence-corrected chi connectivity index (χ4v) is 4.08. The Morgan fingerprint density at radius 3 is 0.784 bits per heavy atom. The van der Waals surface area contributed by atoms with E-state index in [1.807, 2.05) is 0 Å². The molecule has 13 heteroatoms. The standard InChI is InChI=1S/3C8H19O3P.Co/c3*1-2-3-4-5-6-7-8-11-12(9)10;/h3*12H,2-8H2,1H3,(H,9,10);. The van der Waals surface area contributed by atoms with Crippen molar-refractivity contribution in [2.24, 2.45) is 0 Å². The van der Waals surface area contributed by atoms with E-state index in [0.29, 0.717) is 19.8 Å². The number of hydrogen-bond donors (Lipinski definition) is 3. The molecule has 0 amide bonds. The minimum atomic E-state index is -2.68. The molecule has 1 radical (unpaired) electrons. The largest absolute Gasteiger partial charge is 0.326 e. The first kappa shape index (κ1) is 45.0. The van der Waals surface area contributed by atoms with Crippen molar-refractivity contribution in [2.45, 2.75) is 136 Å². The van der Waals surface area contributed by atoms with Crippen molar-refractivity contribution in [3.05, 3.63) is 0 Å². The smallest absolute Gasteiger partial charge is 0.316 e. The zero-order valence-electron chi connectivity index (χ0n) is 23.5. The van der Waals surface area contributed by atoms with E-state index in [2.05, 4.69) is 34.3 Å². The van der Waals surface area contributed by atoms with Crippen molar-refractivity contribution >= 4 is 24.8 Å². The maximum atomic E-state index is 10.1. The summed E-state index contributed by atoms with van der Waals surface area (Å²) in [5.74, 6) is 0. The number of hydrogen-bond acceptors (Lipinski definition) is 6. The van der Waals surface area contributed by atoms with Crippen LogP contribution in [0.4, 0.5) is 0 Å². The molecule has 3 atom stereocenters. The third-order valence-corrected chi connectivity index (χ3v) is 6.52. The zero-order valence-corrected chi connectivity index (χ0v) is 27.5. The van der Waals surface area contributed by atoms with Gasteiger partial charge in [0.2, 0.25) is 0 Å². The second kappa shape index (κ2) is 41.4. The Labute approximate surface area is 239 Å². The maximum absolute atomic E-state index is 10.1. The molecule has 0 spiro atoms. The van der Waals surface area contributed by atoms with Gasteiger partial charge in [0, 0.05) is 16.8 Å². The summed E-state index contributed by atoms with van der Waals surface area (Å²) < 4.78 is 43.9.